The van der Waals surface area contributed by atoms with Crippen LogP contribution < -0.4 is 30.5 Å². The Hall–Kier alpha value is -6.64. The molecule has 0 aliphatic rings. The molecule has 6 rings (SSSR count). The van der Waals surface area contributed by atoms with Gasteiger partial charge in [0.15, 0.2) is 24.8 Å². The second-order valence-electron chi connectivity index (χ2n) is 16.7. The third-order valence-corrected chi connectivity index (χ3v) is 11.7. The Bertz CT molecular complexity index is 2490. The molecule has 0 atom stereocenters. The molecule has 6 aromatic rings. The third kappa shape index (κ3) is 10.7. The molecule has 0 fully saturated rings. The number of hydrogen-bond acceptors (Lipinski definition) is 10. The largest absolute Gasteiger partial charge is 0.858 e. The smallest absolute Gasteiger partial charge is 0.323 e. The molecule has 4 aromatic heterocycles. The van der Waals surface area contributed by atoms with Crippen LogP contribution in [0.1, 0.15) is 67.7 Å². The summed E-state index contributed by atoms with van der Waals surface area (Å²) in [4.78, 5) is 31.5. The van der Waals surface area contributed by atoms with Crippen LogP contribution in [0.25, 0.3) is 11.4 Å². The molecule has 0 N–H and O–H groups in total. The Morgan fingerprint density at radius 1 is 0.562 bits per heavy atom. The number of pyridine rings is 4. The van der Waals surface area contributed by atoms with Gasteiger partial charge in [0.2, 0.25) is 0 Å². The van der Waals surface area contributed by atoms with Crippen molar-refractivity contribution in [2.45, 2.75) is 72.4 Å². The van der Waals surface area contributed by atoms with Crippen LogP contribution in [0.15, 0.2) is 140 Å². The van der Waals surface area contributed by atoms with Crippen molar-refractivity contribution < 1.29 is 19.3 Å². The lowest BCUT2D eigenvalue weighted by Crippen LogP contribution is -2.41. The van der Waals surface area contributed by atoms with Crippen molar-refractivity contribution >= 4 is 22.7 Å². The third-order valence-electron chi connectivity index (χ3n) is 11.7. The first kappa shape index (κ1) is 46.9. The molecule has 64 heavy (non-hydrogen) atoms. The van der Waals surface area contributed by atoms with Crippen molar-refractivity contribution in [3.63, 3.8) is 0 Å². The van der Waals surface area contributed by atoms with Crippen LogP contribution in [0.4, 0.5) is 22.7 Å². The normalized spacial score (nSPS) is 12.4. The SMILES string of the molecule is CCC(CC)C(c1ccc(N=Nc2c(C)c(-[n+]3ccccc3)c(=O)n(CCCN(C)C)c2[O-])cc1)c1ccc(N=Nc2c(C)c(-[n+]3ccccc3)c(=O)n(CCCN(C)C)c2[O-])cc1. The predicted octanol–water partition coefficient (Wildman–Crippen LogP) is 7.63. The van der Waals surface area contributed by atoms with Crippen LogP contribution >= 0.6 is 0 Å². The van der Waals surface area contributed by atoms with Crippen LogP contribution in [0, 0.1) is 19.8 Å². The molecule has 0 saturated carbocycles. The quantitative estimate of drug-likeness (QED) is 0.0603. The molecular weight excluding hydrogens is 805 g/mol. The van der Waals surface area contributed by atoms with Gasteiger partial charge in [-0.3, -0.25) is 9.59 Å². The van der Waals surface area contributed by atoms with Gasteiger partial charge in [-0.05, 0) is 121 Å². The Labute approximate surface area is 375 Å². The monoisotopic (exact) mass is 864 g/mol. The van der Waals surface area contributed by atoms with Crippen LogP contribution in [0.2, 0.25) is 0 Å². The van der Waals surface area contributed by atoms with Gasteiger partial charge in [0.25, 0.3) is 11.4 Å². The van der Waals surface area contributed by atoms with E-state index in [0.29, 0.717) is 52.6 Å². The second-order valence-corrected chi connectivity index (χ2v) is 16.7. The molecule has 0 aliphatic carbocycles. The van der Waals surface area contributed by atoms with E-state index in [1.807, 2.05) is 98.7 Å². The minimum Gasteiger partial charge on any atom is -0.858 e. The first-order valence-electron chi connectivity index (χ1n) is 22.0. The van der Waals surface area contributed by atoms with Gasteiger partial charge in [0, 0.05) is 43.3 Å². The molecule has 2 aromatic carbocycles. The molecule has 0 amide bonds. The highest BCUT2D eigenvalue weighted by molar-refractivity contribution is 5.60. The fourth-order valence-corrected chi connectivity index (χ4v) is 8.21. The molecule has 0 spiro atoms. The first-order valence-corrected chi connectivity index (χ1v) is 22.0. The number of nitrogens with zero attached hydrogens (tertiary/aromatic N) is 10. The minimum atomic E-state index is -0.460. The van der Waals surface area contributed by atoms with Gasteiger partial charge >= 0.3 is 11.1 Å². The van der Waals surface area contributed by atoms with E-state index in [-0.39, 0.29) is 41.5 Å². The van der Waals surface area contributed by atoms with E-state index in [0.717, 1.165) is 37.1 Å². The zero-order valence-corrected chi connectivity index (χ0v) is 38.3. The molecule has 14 nitrogen and oxygen atoms in total. The standard InChI is InChI=1S/C50H60N10O4/c1-9-37(10-2)42(38-19-23-40(24-20-38)51-53-43-35(3)45(57-29-13-11-14-30-57)49(63)59(47(43)61)33-17-27-55(5)6)39-21-25-41(26-22-39)52-54-44-36(4)46(58-31-15-12-16-32-58)50(64)60(48(44)62)34-18-28-56(7)8/h11-16,19-26,29-32,37,42H,9-10,17-18,27-28,33-34H2,1-8H3. The Balaban J connectivity index is 1.29. The zero-order chi connectivity index (χ0) is 45.9. The predicted molar refractivity (Wildman–Crippen MR) is 246 cm³/mol. The number of rotatable bonds is 19. The first-order chi connectivity index (χ1) is 30.8. The maximum absolute atomic E-state index is 13.8. The van der Waals surface area contributed by atoms with Crippen molar-refractivity contribution in [3.05, 3.63) is 153 Å². The average molecular weight is 865 g/mol. The highest BCUT2D eigenvalue weighted by atomic mass is 16.3. The maximum atomic E-state index is 13.8. The highest BCUT2D eigenvalue weighted by Crippen LogP contribution is 2.38. The molecule has 0 aliphatic heterocycles. The van der Waals surface area contributed by atoms with Gasteiger partial charge in [-0.25, -0.2) is 0 Å². The van der Waals surface area contributed by atoms with Crippen LogP contribution in [0.3, 0.4) is 0 Å². The van der Waals surface area contributed by atoms with Gasteiger partial charge in [-0.1, -0.05) is 63.1 Å². The van der Waals surface area contributed by atoms with Crippen LogP contribution in [-0.2, 0) is 13.1 Å². The van der Waals surface area contributed by atoms with E-state index in [4.69, 9.17) is 0 Å². The summed E-state index contributed by atoms with van der Waals surface area (Å²) in [6, 6.07) is 26.9. The minimum absolute atomic E-state index is 0.0605. The lowest BCUT2D eigenvalue weighted by atomic mass is 9.78. The molecule has 14 heteroatoms. The Morgan fingerprint density at radius 3 is 1.25 bits per heavy atom. The lowest BCUT2D eigenvalue weighted by Gasteiger charge is -2.26. The molecule has 0 unspecified atom stereocenters. The van der Waals surface area contributed by atoms with Crippen molar-refractivity contribution in [2.75, 3.05) is 41.3 Å². The molecule has 0 bridgehead atoms. The summed E-state index contributed by atoms with van der Waals surface area (Å²) < 4.78 is 5.99. The summed E-state index contributed by atoms with van der Waals surface area (Å²) in [5.74, 6) is -0.526. The van der Waals surface area contributed by atoms with Gasteiger partial charge in [0.1, 0.15) is 11.4 Å². The molecule has 0 radical (unpaired) electrons. The number of aromatic nitrogens is 4. The summed E-state index contributed by atoms with van der Waals surface area (Å²) in [6.07, 6.45) is 10.3. The highest BCUT2D eigenvalue weighted by Gasteiger charge is 2.25. The summed E-state index contributed by atoms with van der Waals surface area (Å²) in [6.45, 7) is 9.84. The van der Waals surface area contributed by atoms with E-state index in [2.05, 4.69) is 58.6 Å². The van der Waals surface area contributed by atoms with E-state index in [9.17, 15) is 19.8 Å². The van der Waals surface area contributed by atoms with Gasteiger partial charge in [-0.15, -0.1) is 10.2 Å². The number of benzene rings is 2. The summed E-state index contributed by atoms with van der Waals surface area (Å²) >= 11 is 0. The van der Waals surface area contributed by atoms with Crippen molar-refractivity contribution in [1.29, 1.82) is 0 Å². The molecule has 4 heterocycles. The second kappa shape index (κ2) is 21.6. The summed E-state index contributed by atoms with van der Waals surface area (Å²) in [5, 5.41) is 45.6. The van der Waals surface area contributed by atoms with Crippen molar-refractivity contribution in [3.8, 4) is 23.1 Å². The molecule has 334 valence electrons. The van der Waals surface area contributed by atoms with Crippen molar-refractivity contribution in [1.82, 2.24) is 18.9 Å². The zero-order valence-electron chi connectivity index (χ0n) is 38.3. The maximum Gasteiger partial charge on any atom is 0.323 e. The van der Waals surface area contributed by atoms with E-state index in [1.54, 1.807) is 47.8 Å². The number of hydrogen-bond donors (Lipinski definition) is 0. The van der Waals surface area contributed by atoms with Crippen LogP contribution in [0.5, 0.6) is 11.8 Å². The van der Waals surface area contributed by atoms with E-state index >= 15 is 0 Å². The lowest BCUT2D eigenvalue weighted by molar-refractivity contribution is -0.597. The van der Waals surface area contributed by atoms with E-state index in [1.165, 1.54) is 9.13 Å². The molecular formula is C50H60N10O4. The van der Waals surface area contributed by atoms with Gasteiger partial charge in [-0.2, -0.15) is 19.4 Å². The Kier molecular flexibility index (Phi) is 15.8. The van der Waals surface area contributed by atoms with Crippen LogP contribution in [-0.4, -0.2) is 60.2 Å². The summed E-state index contributed by atoms with van der Waals surface area (Å²) in [7, 11) is 7.83. The molecule has 0 saturated heterocycles. The fourth-order valence-electron chi connectivity index (χ4n) is 8.21. The van der Waals surface area contributed by atoms with Crippen molar-refractivity contribution in [2.24, 2.45) is 26.4 Å². The topological polar surface area (TPSA) is 154 Å². The number of azo groups is 2. The van der Waals surface area contributed by atoms with Gasteiger partial charge in [0.05, 0.1) is 22.5 Å². The van der Waals surface area contributed by atoms with Gasteiger partial charge < -0.3 is 29.1 Å². The van der Waals surface area contributed by atoms with E-state index < -0.39 is 11.8 Å². The summed E-state index contributed by atoms with van der Waals surface area (Å²) in [5.41, 5.74) is 4.57. The fraction of sp³-hybridized carbons (Fsp3) is 0.360. The Morgan fingerprint density at radius 2 is 0.922 bits per heavy atom. The average Bonchev–Trinajstić information content (AvgIpc) is 3.29.